The average molecular weight is 721 g/mol. The fourth-order valence-electron chi connectivity index (χ4n) is 8.26. The van der Waals surface area contributed by atoms with Crippen LogP contribution in [-0.4, -0.2) is 122 Å². The fraction of sp³-hybridized carbons (Fsp3) is 0.850. The van der Waals surface area contributed by atoms with Crippen LogP contribution in [-0.2, 0) is 19.0 Å². The van der Waals surface area contributed by atoms with Crippen molar-refractivity contribution in [2.45, 2.75) is 179 Å². The number of aliphatic hydroxyl groups excluding tert-OH is 2. The lowest BCUT2D eigenvalue weighted by Crippen LogP contribution is -2.53. The van der Waals surface area contributed by atoms with E-state index in [2.05, 4.69) is 4.90 Å². The van der Waals surface area contributed by atoms with E-state index in [0.717, 1.165) is 18.7 Å². The highest BCUT2D eigenvalue weighted by Gasteiger charge is 2.47. The number of carbonyl (C=O) groups is 2. The second-order valence-electron chi connectivity index (χ2n) is 16.6. The van der Waals surface area contributed by atoms with Gasteiger partial charge in [0.15, 0.2) is 0 Å². The number of epoxide rings is 1. The van der Waals surface area contributed by atoms with Crippen LogP contribution in [0.4, 0.5) is 4.79 Å². The maximum absolute atomic E-state index is 13.5. The van der Waals surface area contributed by atoms with Gasteiger partial charge in [0.25, 0.3) is 0 Å². The Morgan fingerprint density at radius 1 is 1.10 bits per heavy atom. The SMILES string of the molecule is CC[C@H](O)[C@@H](C)[C@H]1O[C@@H]1C[C@@](C)(O)/C=C/C=C(\C)[C@H]1OC(=O)C[C@H](O)CC[C@@](C)(O)[C@@H](OC(=O)N2CCN(C3CCCCCC3)CC2)CC[C@@H]1C. The quantitative estimate of drug-likeness (QED) is 0.102. The first-order chi connectivity index (χ1) is 24.1. The number of esters is 1. The number of carbonyl (C=O) groups excluding carboxylic acids is 2. The van der Waals surface area contributed by atoms with E-state index in [1.807, 2.05) is 33.8 Å². The predicted octanol–water partition coefficient (Wildman–Crippen LogP) is 5.27. The number of allylic oxidation sites excluding steroid dienone is 2. The Bertz CT molecular complexity index is 1170. The molecule has 51 heavy (non-hydrogen) atoms. The van der Waals surface area contributed by atoms with Crippen molar-refractivity contribution >= 4 is 12.1 Å². The van der Waals surface area contributed by atoms with E-state index in [1.165, 1.54) is 38.5 Å². The lowest BCUT2D eigenvalue weighted by Gasteiger charge is -2.40. The van der Waals surface area contributed by atoms with Crippen molar-refractivity contribution in [3.63, 3.8) is 0 Å². The van der Waals surface area contributed by atoms with Crippen LogP contribution in [0.25, 0.3) is 0 Å². The van der Waals surface area contributed by atoms with E-state index in [9.17, 15) is 30.0 Å². The van der Waals surface area contributed by atoms with Crippen molar-refractivity contribution in [2.24, 2.45) is 11.8 Å². The van der Waals surface area contributed by atoms with Crippen LogP contribution in [0.15, 0.2) is 23.8 Å². The summed E-state index contributed by atoms with van der Waals surface area (Å²) in [6.07, 6.45) is 11.4. The van der Waals surface area contributed by atoms with Crippen molar-refractivity contribution < 1.29 is 44.2 Å². The molecule has 0 aromatic heterocycles. The number of cyclic esters (lactones) is 1. The zero-order valence-electron chi connectivity index (χ0n) is 32.2. The molecule has 1 aliphatic carbocycles. The molecule has 3 heterocycles. The van der Waals surface area contributed by atoms with Gasteiger partial charge in [-0.3, -0.25) is 9.69 Å². The summed E-state index contributed by atoms with van der Waals surface area (Å²) in [7, 11) is 0. The van der Waals surface area contributed by atoms with E-state index in [4.69, 9.17) is 14.2 Å². The Kier molecular flexibility index (Phi) is 15.4. The maximum Gasteiger partial charge on any atom is 0.410 e. The Morgan fingerprint density at radius 2 is 1.76 bits per heavy atom. The van der Waals surface area contributed by atoms with E-state index in [0.29, 0.717) is 44.8 Å². The topological polar surface area (TPSA) is 153 Å². The van der Waals surface area contributed by atoms with Gasteiger partial charge in [-0.1, -0.05) is 64.7 Å². The van der Waals surface area contributed by atoms with Gasteiger partial charge in [0, 0.05) is 44.6 Å². The predicted molar refractivity (Wildman–Crippen MR) is 196 cm³/mol. The maximum atomic E-state index is 13.5. The van der Waals surface area contributed by atoms with Crippen LogP contribution in [0.2, 0.25) is 0 Å². The number of hydrogen-bond acceptors (Lipinski definition) is 10. The van der Waals surface area contributed by atoms with Crippen molar-refractivity contribution in [1.82, 2.24) is 9.80 Å². The summed E-state index contributed by atoms with van der Waals surface area (Å²) in [5, 5.41) is 43.5. The Labute approximate surface area is 306 Å². The summed E-state index contributed by atoms with van der Waals surface area (Å²) in [6.45, 7) is 13.9. The standard InChI is InChI=1S/C40H68N2O9/c1-7-32(44)29(4)37-33(49-37)26-39(5,47)19-12-13-27(2)36-28(3)16-17-34(40(6,48)20-18-31(43)25-35(45)51-36)50-38(46)42-23-21-41(22-24-42)30-14-10-8-9-11-15-30/h12-13,19,28-34,36-37,43-44,47-48H,7-11,14-18,20-26H2,1-6H3/b19-12+,27-13+/t28-,29+,31+,32-,33+,34-,36+,37+,39-,40+/m0/s1. The molecular formula is C40H68N2O9. The average Bonchev–Trinajstić information content (AvgIpc) is 3.89. The molecule has 0 radical (unpaired) electrons. The van der Waals surface area contributed by atoms with E-state index in [1.54, 1.807) is 30.9 Å². The van der Waals surface area contributed by atoms with Crippen LogP contribution in [0.5, 0.6) is 0 Å². The van der Waals surface area contributed by atoms with Crippen LogP contribution >= 0.6 is 0 Å². The van der Waals surface area contributed by atoms with Crippen molar-refractivity contribution in [3.8, 4) is 0 Å². The van der Waals surface area contributed by atoms with Gasteiger partial charge in [-0.05, 0) is 77.2 Å². The molecule has 0 aromatic carbocycles. The first kappa shape index (κ1) is 41.7. The first-order valence-electron chi connectivity index (χ1n) is 19.8. The summed E-state index contributed by atoms with van der Waals surface area (Å²) in [5.74, 6) is -0.714. The van der Waals surface area contributed by atoms with Crippen LogP contribution in [0, 0.1) is 11.8 Å². The monoisotopic (exact) mass is 720 g/mol. The zero-order chi connectivity index (χ0) is 37.3. The van der Waals surface area contributed by atoms with Gasteiger partial charge in [0.1, 0.15) is 12.2 Å². The fourth-order valence-corrected chi connectivity index (χ4v) is 8.26. The molecule has 292 valence electrons. The van der Waals surface area contributed by atoms with E-state index >= 15 is 0 Å². The number of amides is 1. The normalized spacial score (nSPS) is 35.1. The molecule has 3 aliphatic heterocycles. The van der Waals surface area contributed by atoms with Gasteiger partial charge in [-0.15, -0.1) is 0 Å². The second kappa shape index (κ2) is 18.8. The lowest BCUT2D eigenvalue weighted by atomic mass is 9.84. The summed E-state index contributed by atoms with van der Waals surface area (Å²) in [6, 6.07) is 0.592. The van der Waals surface area contributed by atoms with E-state index < -0.39 is 47.7 Å². The third-order valence-electron chi connectivity index (χ3n) is 11.9. The molecule has 4 fully saturated rings. The minimum Gasteiger partial charge on any atom is -0.457 e. The van der Waals surface area contributed by atoms with Gasteiger partial charge < -0.3 is 39.5 Å². The number of rotatable bonds is 10. The van der Waals surface area contributed by atoms with Crippen LogP contribution in [0.1, 0.15) is 125 Å². The van der Waals surface area contributed by atoms with Gasteiger partial charge >= 0.3 is 12.1 Å². The number of hydrogen-bond donors (Lipinski definition) is 4. The Morgan fingerprint density at radius 3 is 2.41 bits per heavy atom. The molecule has 0 unspecified atom stereocenters. The van der Waals surface area contributed by atoms with Crippen molar-refractivity contribution in [1.29, 1.82) is 0 Å². The minimum absolute atomic E-state index is 0.00380. The van der Waals surface area contributed by atoms with Crippen LogP contribution in [0.3, 0.4) is 0 Å². The molecule has 4 N–H and O–H groups in total. The lowest BCUT2D eigenvalue weighted by molar-refractivity contribution is -0.153. The van der Waals surface area contributed by atoms with Crippen molar-refractivity contribution in [2.75, 3.05) is 26.2 Å². The highest BCUT2D eigenvalue weighted by Crippen LogP contribution is 2.38. The summed E-state index contributed by atoms with van der Waals surface area (Å²) < 4.78 is 17.8. The molecule has 4 rings (SSSR count). The smallest absolute Gasteiger partial charge is 0.410 e. The third kappa shape index (κ3) is 12.5. The number of ether oxygens (including phenoxy) is 3. The first-order valence-corrected chi connectivity index (χ1v) is 19.8. The van der Waals surface area contributed by atoms with E-state index in [-0.39, 0.29) is 43.3 Å². The molecule has 4 aliphatic rings. The van der Waals surface area contributed by atoms with Gasteiger partial charge in [0.05, 0.1) is 42.0 Å². The molecule has 10 atom stereocenters. The number of aliphatic hydroxyl groups is 4. The largest absolute Gasteiger partial charge is 0.457 e. The second-order valence-corrected chi connectivity index (χ2v) is 16.6. The minimum atomic E-state index is -1.40. The zero-order valence-corrected chi connectivity index (χ0v) is 32.2. The molecular weight excluding hydrogens is 652 g/mol. The highest BCUT2D eigenvalue weighted by atomic mass is 16.6. The molecule has 1 amide bonds. The van der Waals surface area contributed by atoms with Crippen LogP contribution < -0.4 is 0 Å². The molecule has 11 nitrogen and oxygen atoms in total. The van der Waals surface area contributed by atoms with Gasteiger partial charge in [-0.25, -0.2) is 4.79 Å². The molecule has 3 saturated heterocycles. The molecule has 1 saturated carbocycles. The summed E-state index contributed by atoms with van der Waals surface area (Å²) in [4.78, 5) is 30.7. The Hall–Kier alpha value is -2.02. The number of nitrogens with zero attached hydrogens (tertiary/aromatic N) is 2. The molecule has 11 heteroatoms. The summed E-state index contributed by atoms with van der Waals surface area (Å²) in [5.41, 5.74) is -1.77. The number of piperazine rings is 1. The molecule has 0 aromatic rings. The molecule has 0 spiro atoms. The highest BCUT2D eigenvalue weighted by molar-refractivity contribution is 5.70. The van der Waals surface area contributed by atoms with Crippen molar-refractivity contribution in [3.05, 3.63) is 23.8 Å². The third-order valence-corrected chi connectivity index (χ3v) is 11.9. The summed E-state index contributed by atoms with van der Waals surface area (Å²) >= 11 is 0. The van der Waals surface area contributed by atoms with Gasteiger partial charge in [0.2, 0.25) is 0 Å². The van der Waals surface area contributed by atoms with Gasteiger partial charge in [-0.2, -0.15) is 0 Å². The Balaban J connectivity index is 1.38. The molecule has 0 bridgehead atoms.